The van der Waals surface area contributed by atoms with Crippen molar-refractivity contribution in [3.63, 3.8) is 0 Å². The molecule has 0 heterocycles. The summed E-state index contributed by atoms with van der Waals surface area (Å²) in [4.78, 5) is 0. The Hall–Kier alpha value is 0.170. The number of rotatable bonds is 4. The first kappa shape index (κ1) is 9.71. The van der Waals surface area contributed by atoms with Crippen molar-refractivity contribution < 1.29 is 12.8 Å². The van der Waals surface area contributed by atoms with Gasteiger partial charge in [-0.15, -0.1) is 0 Å². The van der Waals surface area contributed by atoms with E-state index in [0.29, 0.717) is 6.42 Å². The van der Waals surface area contributed by atoms with Crippen LogP contribution in [0.3, 0.4) is 0 Å². The van der Waals surface area contributed by atoms with Gasteiger partial charge in [-0.2, -0.15) is 0 Å². The molecule has 0 aromatic heterocycles. The fourth-order valence-electron chi connectivity index (χ4n) is 3.22. The molecule has 2 nitrogen and oxygen atoms in total. The van der Waals surface area contributed by atoms with Crippen molar-refractivity contribution in [2.75, 3.05) is 12.4 Å². The topological polar surface area (TPSA) is 34.1 Å². The summed E-state index contributed by atoms with van der Waals surface area (Å²) in [5, 5.41) is 0. The van der Waals surface area contributed by atoms with E-state index in [9.17, 15) is 12.8 Å². The van der Waals surface area contributed by atoms with Crippen LogP contribution >= 0.6 is 10.7 Å². The molecular formula is C8H12ClFO2S. The largest absolute Gasteiger partial charge is 0.251 e. The standard InChI is InChI=1S/C8H12ClFO2S/c9-13(11,12)6-8-3-7(4-8,5-8)1-2-10/h1-6H2. The van der Waals surface area contributed by atoms with Gasteiger partial charge in [-0.05, 0) is 36.5 Å². The zero-order valence-corrected chi connectivity index (χ0v) is 8.80. The minimum absolute atomic E-state index is 0.0737. The monoisotopic (exact) mass is 226 g/mol. The van der Waals surface area contributed by atoms with Gasteiger partial charge in [0.05, 0.1) is 12.4 Å². The lowest BCUT2D eigenvalue weighted by Gasteiger charge is -2.70. The highest BCUT2D eigenvalue weighted by Gasteiger charge is 2.67. The maximum Gasteiger partial charge on any atom is 0.233 e. The summed E-state index contributed by atoms with van der Waals surface area (Å²) in [6.45, 7) is -0.288. The minimum Gasteiger partial charge on any atom is -0.251 e. The van der Waals surface area contributed by atoms with Crippen LogP contribution in [0.15, 0.2) is 0 Å². The van der Waals surface area contributed by atoms with E-state index in [4.69, 9.17) is 10.7 Å². The molecule has 0 N–H and O–H groups in total. The van der Waals surface area contributed by atoms with Crippen LogP contribution in [0.2, 0.25) is 0 Å². The molecule has 0 aliphatic heterocycles. The molecule has 0 unspecified atom stereocenters. The highest BCUT2D eigenvalue weighted by atomic mass is 35.7. The Labute approximate surface area is 81.9 Å². The van der Waals surface area contributed by atoms with E-state index in [1.165, 1.54) is 0 Å². The van der Waals surface area contributed by atoms with Crippen LogP contribution < -0.4 is 0 Å². The summed E-state index contributed by atoms with van der Waals surface area (Å²) in [7, 11) is 1.81. The van der Waals surface area contributed by atoms with Gasteiger partial charge in [0.2, 0.25) is 9.05 Å². The molecule has 0 atom stereocenters. The maximum absolute atomic E-state index is 12.1. The van der Waals surface area contributed by atoms with Crippen molar-refractivity contribution in [1.29, 1.82) is 0 Å². The Morgan fingerprint density at radius 1 is 1.23 bits per heavy atom. The molecule has 76 valence electrons. The smallest absolute Gasteiger partial charge is 0.233 e. The number of alkyl halides is 1. The van der Waals surface area contributed by atoms with Crippen LogP contribution in [0.4, 0.5) is 4.39 Å². The molecule has 0 aromatic carbocycles. The second-order valence-corrected chi connectivity index (χ2v) is 7.43. The summed E-state index contributed by atoms with van der Waals surface area (Å²) in [5.74, 6) is 0.0790. The third-order valence-corrected chi connectivity index (χ3v) is 4.64. The second kappa shape index (κ2) is 2.60. The third kappa shape index (κ3) is 1.59. The summed E-state index contributed by atoms with van der Waals surface area (Å²) < 4.78 is 33.7. The molecule has 3 aliphatic carbocycles. The highest BCUT2D eigenvalue weighted by Crippen LogP contribution is 2.75. The summed E-state index contributed by atoms with van der Waals surface area (Å²) in [5.41, 5.74) is 0.0755. The van der Waals surface area contributed by atoms with E-state index in [1.54, 1.807) is 0 Å². The van der Waals surface area contributed by atoms with E-state index in [2.05, 4.69) is 0 Å². The van der Waals surface area contributed by atoms with Gasteiger partial charge in [0.15, 0.2) is 0 Å². The number of halogens is 2. The lowest BCUT2D eigenvalue weighted by Crippen LogP contribution is -2.64. The zero-order valence-electron chi connectivity index (χ0n) is 7.22. The molecule has 3 fully saturated rings. The summed E-state index contributed by atoms with van der Waals surface area (Å²) in [6, 6.07) is 0. The van der Waals surface area contributed by atoms with Gasteiger partial charge in [-0.25, -0.2) is 8.42 Å². The van der Waals surface area contributed by atoms with Gasteiger partial charge in [0, 0.05) is 10.7 Å². The Kier molecular flexibility index (Phi) is 1.94. The molecule has 3 saturated carbocycles. The van der Waals surface area contributed by atoms with Gasteiger partial charge in [-0.3, -0.25) is 4.39 Å². The lowest BCUT2D eigenvalue weighted by molar-refractivity contribution is -0.193. The van der Waals surface area contributed by atoms with Gasteiger partial charge in [0.1, 0.15) is 0 Å². The van der Waals surface area contributed by atoms with Crippen molar-refractivity contribution in [2.24, 2.45) is 10.8 Å². The van der Waals surface area contributed by atoms with Crippen molar-refractivity contribution in [2.45, 2.75) is 25.7 Å². The van der Waals surface area contributed by atoms with Crippen molar-refractivity contribution in [3.8, 4) is 0 Å². The van der Waals surface area contributed by atoms with E-state index in [0.717, 1.165) is 19.3 Å². The molecule has 0 saturated heterocycles. The number of hydrogen-bond donors (Lipinski definition) is 0. The predicted octanol–water partition coefficient (Wildman–Crippen LogP) is 2.08. The van der Waals surface area contributed by atoms with Crippen LogP contribution in [-0.4, -0.2) is 20.8 Å². The third-order valence-electron chi connectivity index (χ3n) is 3.35. The first-order valence-corrected chi connectivity index (χ1v) is 6.85. The van der Waals surface area contributed by atoms with Gasteiger partial charge < -0.3 is 0 Å². The van der Waals surface area contributed by atoms with Crippen LogP contribution in [0.1, 0.15) is 25.7 Å². The van der Waals surface area contributed by atoms with Gasteiger partial charge >= 0.3 is 0 Å². The Balaban J connectivity index is 1.90. The maximum atomic E-state index is 12.1. The fourth-order valence-corrected chi connectivity index (χ4v) is 4.95. The summed E-state index contributed by atoms with van der Waals surface area (Å²) >= 11 is 0. The first-order valence-electron chi connectivity index (χ1n) is 4.37. The first-order chi connectivity index (χ1) is 5.89. The van der Waals surface area contributed by atoms with Crippen LogP contribution in [-0.2, 0) is 9.05 Å². The fraction of sp³-hybridized carbons (Fsp3) is 1.00. The Morgan fingerprint density at radius 2 is 1.77 bits per heavy atom. The zero-order chi connectivity index (χ0) is 9.74. The Morgan fingerprint density at radius 3 is 2.15 bits per heavy atom. The minimum atomic E-state index is -3.37. The molecule has 0 aromatic rings. The molecule has 13 heavy (non-hydrogen) atoms. The van der Waals surface area contributed by atoms with Crippen molar-refractivity contribution in [1.82, 2.24) is 0 Å². The molecule has 2 bridgehead atoms. The van der Waals surface area contributed by atoms with Crippen LogP contribution in [0, 0.1) is 10.8 Å². The average molecular weight is 227 g/mol. The average Bonchev–Trinajstić information content (AvgIpc) is 1.77. The van der Waals surface area contributed by atoms with Crippen molar-refractivity contribution >= 4 is 19.7 Å². The molecular weight excluding hydrogens is 215 g/mol. The molecule has 0 spiro atoms. The van der Waals surface area contributed by atoms with Gasteiger partial charge in [0.25, 0.3) is 0 Å². The predicted molar refractivity (Wildman–Crippen MR) is 48.9 cm³/mol. The van der Waals surface area contributed by atoms with E-state index in [-0.39, 0.29) is 23.3 Å². The van der Waals surface area contributed by atoms with Crippen LogP contribution in [0.25, 0.3) is 0 Å². The molecule has 0 amide bonds. The SMILES string of the molecule is O=S(=O)(Cl)CC12CC(CCF)(C1)C2. The normalized spacial score (nSPS) is 42.3. The van der Waals surface area contributed by atoms with E-state index < -0.39 is 9.05 Å². The molecule has 3 aliphatic rings. The quantitative estimate of drug-likeness (QED) is 0.688. The van der Waals surface area contributed by atoms with E-state index in [1.807, 2.05) is 0 Å². The number of hydrogen-bond acceptors (Lipinski definition) is 2. The molecule has 0 radical (unpaired) electrons. The lowest BCUT2D eigenvalue weighted by atomic mass is 9.35. The molecule has 3 rings (SSSR count). The highest BCUT2D eigenvalue weighted by molar-refractivity contribution is 8.13. The van der Waals surface area contributed by atoms with Crippen LogP contribution in [0.5, 0.6) is 0 Å². The molecule has 5 heteroatoms. The summed E-state index contributed by atoms with van der Waals surface area (Å²) in [6.07, 6.45) is 3.17. The van der Waals surface area contributed by atoms with Gasteiger partial charge in [-0.1, -0.05) is 0 Å². The van der Waals surface area contributed by atoms with Crippen molar-refractivity contribution in [3.05, 3.63) is 0 Å². The van der Waals surface area contributed by atoms with E-state index >= 15 is 0 Å². The second-order valence-electron chi connectivity index (χ2n) is 4.65. The Bertz CT molecular complexity index is 305.